The number of nitrogens with zero attached hydrogens (tertiary/aromatic N) is 1. The Bertz CT molecular complexity index is 1450. The van der Waals surface area contributed by atoms with Gasteiger partial charge in [0.15, 0.2) is 11.5 Å². The summed E-state index contributed by atoms with van der Waals surface area (Å²) in [7, 11) is 0. The van der Waals surface area contributed by atoms with Gasteiger partial charge in [-0.3, -0.25) is 4.79 Å². The summed E-state index contributed by atoms with van der Waals surface area (Å²) in [6, 6.07) is 18.3. The zero-order chi connectivity index (χ0) is 24.4. The number of aromatic nitrogens is 1. The average Bonchev–Trinajstić information content (AvgIpc) is 3.33. The molecule has 0 saturated heterocycles. The Hall–Kier alpha value is -4.33. The highest BCUT2D eigenvalue weighted by atomic mass is 19.1. The number of halogens is 1. The van der Waals surface area contributed by atoms with Gasteiger partial charge in [-0.25, -0.2) is 9.18 Å². The first-order chi connectivity index (χ1) is 17.0. The first kappa shape index (κ1) is 22.5. The van der Waals surface area contributed by atoms with E-state index in [0.717, 1.165) is 28.5 Å². The lowest BCUT2D eigenvalue weighted by Crippen LogP contribution is -2.35. The van der Waals surface area contributed by atoms with Crippen LogP contribution in [-0.2, 0) is 19.5 Å². The molecule has 4 aromatic rings. The second kappa shape index (κ2) is 9.50. The molecule has 0 aliphatic carbocycles. The Morgan fingerprint density at radius 3 is 2.54 bits per heavy atom. The Morgan fingerprint density at radius 2 is 1.74 bits per heavy atom. The molecule has 0 bridgehead atoms. The van der Waals surface area contributed by atoms with Crippen molar-refractivity contribution < 1.29 is 18.7 Å². The molecule has 0 fully saturated rings. The number of amides is 2. The Morgan fingerprint density at radius 1 is 0.971 bits per heavy atom. The lowest BCUT2D eigenvalue weighted by atomic mass is 10.1. The molecular formula is C27H24FN3O4. The lowest BCUT2D eigenvalue weighted by molar-refractivity contribution is 0.174. The van der Waals surface area contributed by atoms with Gasteiger partial charge in [-0.05, 0) is 77.5 Å². The van der Waals surface area contributed by atoms with E-state index in [0.29, 0.717) is 22.7 Å². The number of rotatable bonds is 6. The van der Waals surface area contributed by atoms with Crippen molar-refractivity contribution in [3.05, 3.63) is 99.6 Å². The van der Waals surface area contributed by atoms with Crippen LogP contribution >= 0.6 is 0 Å². The summed E-state index contributed by atoms with van der Waals surface area (Å²) >= 11 is 0. The fourth-order valence-corrected chi connectivity index (χ4v) is 4.04. The fourth-order valence-electron chi connectivity index (χ4n) is 4.04. The van der Waals surface area contributed by atoms with Crippen LogP contribution in [0.15, 0.2) is 71.5 Å². The second-order valence-corrected chi connectivity index (χ2v) is 8.38. The van der Waals surface area contributed by atoms with Gasteiger partial charge in [0, 0.05) is 23.3 Å². The Labute approximate surface area is 201 Å². The lowest BCUT2D eigenvalue weighted by Gasteiger charge is -2.23. The maximum Gasteiger partial charge on any atom is 0.322 e. The van der Waals surface area contributed by atoms with Crippen LogP contribution in [0.4, 0.5) is 14.9 Å². The van der Waals surface area contributed by atoms with Gasteiger partial charge in [0.2, 0.25) is 6.79 Å². The largest absolute Gasteiger partial charge is 0.454 e. The van der Waals surface area contributed by atoms with Crippen molar-refractivity contribution in [3.63, 3.8) is 0 Å². The average molecular weight is 474 g/mol. The van der Waals surface area contributed by atoms with E-state index < -0.39 is 11.8 Å². The molecule has 2 N–H and O–H groups in total. The summed E-state index contributed by atoms with van der Waals surface area (Å²) in [4.78, 5) is 30.6. The van der Waals surface area contributed by atoms with Gasteiger partial charge in [-0.2, -0.15) is 0 Å². The number of urea groups is 1. The fraction of sp³-hybridized carbons (Fsp3) is 0.185. The molecular weight excluding hydrogens is 449 g/mol. The highest BCUT2D eigenvalue weighted by Gasteiger charge is 2.20. The summed E-state index contributed by atoms with van der Waals surface area (Å²) in [5.41, 5.74) is 3.37. The molecule has 0 atom stereocenters. The van der Waals surface area contributed by atoms with E-state index in [1.807, 2.05) is 36.4 Å². The predicted octanol–water partition coefficient (Wildman–Crippen LogP) is 5.19. The highest BCUT2D eigenvalue weighted by Crippen LogP contribution is 2.33. The molecule has 35 heavy (non-hydrogen) atoms. The SMILES string of the molecule is CCc1ccc2[nH]c(=O)c(CN(Cc3ccc4c(c3)OCO4)C(=O)Nc3ccc(F)cc3)cc2c1. The topological polar surface area (TPSA) is 83.7 Å². The van der Waals surface area contributed by atoms with E-state index in [2.05, 4.69) is 17.2 Å². The number of nitrogens with one attached hydrogen (secondary N) is 2. The monoisotopic (exact) mass is 473 g/mol. The smallest absolute Gasteiger partial charge is 0.322 e. The van der Waals surface area contributed by atoms with Gasteiger partial charge in [0.05, 0.1) is 6.54 Å². The van der Waals surface area contributed by atoms with E-state index in [-0.39, 0.29) is 25.4 Å². The number of fused-ring (bicyclic) bond motifs is 2. The minimum Gasteiger partial charge on any atom is -0.454 e. The van der Waals surface area contributed by atoms with Crippen LogP contribution in [0.1, 0.15) is 23.6 Å². The van der Waals surface area contributed by atoms with E-state index in [1.165, 1.54) is 29.2 Å². The number of hydrogen-bond donors (Lipinski definition) is 2. The molecule has 1 aliphatic rings. The van der Waals surface area contributed by atoms with Gasteiger partial charge in [-0.15, -0.1) is 0 Å². The van der Waals surface area contributed by atoms with E-state index in [4.69, 9.17) is 9.47 Å². The number of pyridine rings is 1. The maximum absolute atomic E-state index is 13.3. The van der Waals surface area contributed by atoms with Crippen molar-refractivity contribution in [1.82, 2.24) is 9.88 Å². The van der Waals surface area contributed by atoms with Gasteiger partial charge in [0.25, 0.3) is 5.56 Å². The predicted molar refractivity (Wildman–Crippen MR) is 131 cm³/mol. The standard InChI is InChI=1S/C27H24FN3O4/c1-2-17-3-9-23-19(11-17)13-20(26(32)30-23)15-31(27(33)29-22-7-5-21(28)6-8-22)14-18-4-10-24-25(12-18)35-16-34-24/h3-13H,2,14-16H2,1H3,(H,29,33)(H,30,32). The van der Waals surface area contributed by atoms with Crippen molar-refractivity contribution in [1.29, 1.82) is 0 Å². The third-order valence-corrected chi connectivity index (χ3v) is 5.95. The van der Waals surface area contributed by atoms with Crippen molar-refractivity contribution in [2.45, 2.75) is 26.4 Å². The minimum atomic E-state index is -0.420. The molecule has 5 rings (SSSR count). The number of carbonyl (C=O) groups is 1. The van der Waals surface area contributed by atoms with Crippen LogP contribution in [0, 0.1) is 5.82 Å². The molecule has 178 valence electrons. The molecule has 8 heteroatoms. The molecule has 2 heterocycles. The highest BCUT2D eigenvalue weighted by molar-refractivity contribution is 5.89. The molecule has 1 aliphatic heterocycles. The van der Waals surface area contributed by atoms with Crippen LogP contribution in [0.5, 0.6) is 11.5 Å². The first-order valence-electron chi connectivity index (χ1n) is 11.3. The zero-order valence-electron chi connectivity index (χ0n) is 19.1. The van der Waals surface area contributed by atoms with Crippen LogP contribution < -0.4 is 20.3 Å². The Kier molecular flexibility index (Phi) is 6.10. The zero-order valence-corrected chi connectivity index (χ0v) is 19.1. The summed E-state index contributed by atoms with van der Waals surface area (Å²) in [5, 5.41) is 3.69. The number of anilines is 1. The number of aryl methyl sites for hydroxylation is 1. The molecule has 1 aromatic heterocycles. The second-order valence-electron chi connectivity index (χ2n) is 8.38. The molecule has 3 aromatic carbocycles. The number of H-pyrrole nitrogens is 1. The molecule has 7 nitrogen and oxygen atoms in total. The van der Waals surface area contributed by atoms with Crippen molar-refractivity contribution in [2.75, 3.05) is 12.1 Å². The number of benzene rings is 3. The van der Waals surface area contributed by atoms with Gasteiger partial charge >= 0.3 is 6.03 Å². The van der Waals surface area contributed by atoms with Crippen molar-refractivity contribution in [2.24, 2.45) is 0 Å². The van der Waals surface area contributed by atoms with E-state index >= 15 is 0 Å². The van der Waals surface area contributed by atoms with Gasteiger partial charge < -0.3 is 24.7 Å². The van der Waals surface area contributed by atoms with E-state index in [1.54, 1.807) is 6.07 Å². The summed E-state index contributed by atoms with van der Waals surface area (Å²) in [6.45, 7) is 2.51. The van der Waals surface area contributed by atoms with Crippen molar-refractivity contribution >= 4 is 22.6 Å². The molecule has 2 amide bonds. The third kappa shape index (κ3) is 4.96. The molecule has 0 unspecified atom stereocenters. The molecule has 0 radical (unpaired) electrons. The van der Waals surface area contributed by atoms with Crippen LogP contribution in [0.2, 0.25) is 0 Å². The van der Waals surface area contributed by atoms with Gasteiger partial charge in [-0.1, -0.05) is 19.1 Å². The number of aromatic amines is 1. The van der Waals surface area contributed by atoms with Crippen LogP contribution in [-0.4, -0.2) is 22.7 Å². The van der Waals surface area contributed by atoms with Crippen LogP contribution in [0.25, 0.3) is 10.9 Å². The summed E-state index contributed by atoms with van der Waals surface area (Å²) in [5.74, 6) is 0.861. The normalized spacial score (nSPS) is 12.1. The van der Waals surface area contributed by atoms with E-state index in [9.17, 15) is 14.0 Å². The van der Waals surface area contributed by atoms with Crippen LogP contribution in [0.3, 0.4) is 0 Å². The first-order valence-corrected chi connectivity index (χ1v) is 11.3. The molecule has 0 saturated carbocycles. The number of carbonyl (C=O) groups excluding carboxylic acids is 1. The molecule has 0 spiro atoms. The minimum absolute atomic E-state index is 0.0725. The quantitative estimate of drug-likeness (QED) is 0.404. The summed E-state index contributed by atoms with van der Waals surface area (Å²) in [6.07, 6.45) is 0.876. The number of ether oxygens (including phenoxy) is 2. The maximum atomic E-state index is 13.3. The van der Waals surface area contributed by atoms with Gasteiger partial charge in [0.1, 0.15) is 5.82 Å². The van der Waals surface area contributed by atoms with Crippen molar-refractivity contribution in [3.8, 4) is 11.5 Å². The number of hydrogen-bond acceptors (Lipinski definition) is 4. The summed E-state index contributed by atoms with van der Waals surface area (Å²) < 4.78 is 24.1. The Balaban J connectivity index is 1.46. The third-order valence-electron chi connectivity index (χ3n) is 5.95.